The van der Waals surface area contributed by atoms with Gasteiger partial charge in [0.1, 0.15) is 11.6 Å². The molecular formula is C18H22F2N2O. The van der Waals surface area contributed by atoms with Crippen LogP contribution >= 0.6 is 0 Å². The van der Waals surface area contributed by atoms with E-state index in [-0.39, 0.29) is 12.1 Å². The predicted octanol–water partition coefficient (Wildman–Crippen LogP) is 3.20. The monoisotopic (exact) mass is 320 g/mol. The summed E-state index contributed by atoms with van der Waals surface area (Å²) >= 11 is 0. The Morgan fingerprint density at radius 1 is 1.04 bits per heavy atom. The molecule has 0 amide bonds. The number of benzene rings is 2. The summed E-state index contributed by atoms with van der Waals surface area (Å²) in [4.78, 5) is 3.89. The second-order valence-electron chi connectivity index (χ2n) is 5.94. The Hall–Kier alpha value is -1.98. The second-order valence-corrected chi connectivity index (χ2v) is 5.94. The first kappa shape index (κ1) is 17.4. The first-order valence-electron chi connectivity index (χ1n) is 7.44. The molecule has 0 aliphatic carbocycles. The molecule has 0 aromatic heterocycles. The van der Waals surface area contributed by atoms with E-state index in [4.69, 9.17) is 0 Å². The lowest BCUT2D eigenvalue weighted by Crippen LogP contribution is -2.25. The van der Waals surface area contributed by atoms with Crippen LogP contribution in [-0.4, -0.2) is 37.7 Å². The zero-order chi connectivity index (χ0) is 17.0. The maximum Gasteiger partial charge on any atom is 0.129 e. The normalized spacial score (nSPS) is 12.5. The summed E-state index contributed by atoms with van der Waals surface area (Å²) in [5, 5.41) is 10.2. The van der Waals surface area contributed by atoms with Gasteiger partial charge in [0.15, 0.2) is 0 Å². The molecule has 2 aromatic rings. The van der Waals surface area contributed by atoms with Crippen molar-refractivity contribution < 1.29 is 13.9 Å². The highest BCUT2D eigenvalue weighted by Gasteiger charge is 2.16. The molecule has 1 atom stereocenters. The number of aliphatic hydroxyl groups is 1. The maximum absolute atomic E-state index is 13.7. The van der Waals surface area contributed by atoms with Gasteiger partial charge in [-0.3, -0.25) is 4.90 Å². The van der Waals surface area contributed by atoms with Crippen LogP contribution in [0.25, 0.3) is 0 Å². The van der Waals surface area contributed by atoms with Crippen molar-refractivity contribution >= 4 is 5.69 Å². The fourth-order valence-corrected chi connectivity index (χ4v) is 2.47. The average Bonchev–Trinajstić information content (AvgIpc) is 2.49. The van der Waals surface area contributed by atoms with Crippen LogP contribution in [0.5, 0.6) is 0 Å². The van der Waals surface area contributed by atoms with Crippen molar-refractivity contribution in [2.45, 2.75) is 12.6 Å². The fourth-order valence-electron chi connectivity index (χ4n) is 2.47. The number of halogens is 2. The standard InChI is InChI=1S/C18H22F2N2O/c1-21(2)15-6-4-5-13(9-15)11-22(3)12-18(23)16-10-14(19)7-8-17(16)20/h4-10,18,23H,11-12H2,1-3H3. The predicted molar refractivity (Wildman–Crippen MR) is 88.4 cm³/mol. The Morgan fingerprint density at radius 2 is 1.78 bits per heavy atom. The molecule has 2 rings (SSSR count). The van der Waals surface area contributed by atoms with Crippen molar-refractivity contribution in [1.29, 1.82) is 0 Å². The smallest absolute Gasteiger partial charge is 0.129 e. The minimum absolute atomic E-state index is 0.0149. The number of hydrogen-bond acceptors (Lipinski definition) is 3. The highest BCUT2D eigenvalue weighted by molar-refractivity contribution is 5.47. The van der Waals surface area contributed by atoms with E-state index in [2.05, 4.69) is 6.07 Å². The van der Waals surface area contributed by atoms with Crippen LogP contribution in [0.3, 0.4) is 0 Å². The third kappa shape index (κ3) is 4.74. The highest BCUT2D eigenvalue weighted by Crippen LogP contribution is 2.20. The van der Waals surface area contributed by atoms with Gasteiger partial charge in [-0.1, -0.05) is 12.1 Å². The number of aliphatic hydroxyl groups excluding tert-OH is 1. The molecule has 1 N–H and O–H groups in total. The van der Waals surface area contributed by atoms with Crippen molar-refractivity contribution in [3.8, 4) is 0 Å². The molecule has 3 nitrogen and oxygen atoms in total. The van der Waals surface area contributed by atoms with E-state index in [1.807, 2.05) is 49.1 Å². The number of rotatable bonds is 6. The van der Waals surface area contributed by atoms with Gasteiger partial charge in [0.2, 0.25) is 0 Å². The van der Waals surface area contributed by atoms with Crippen LogP contribution in [0.4, 0.5) is 14.5 Å². The zero-order valence-corrected chi connectivity index (χ0v) is 13.6. The lowest BCUT2D eigenvalue weighted by atomic mass is 10.1. The quantitative estimate of drug-likeness (QED) is 0.885. The lowest BCUT2D eigenvalue weighted by molar-refractivity contribution is 0.120. The van der Waals surface area contributed by atoms with Gasteiger partial charge in [-0.05, 0) is 42.9 Å². The van der Waals surface area contributed by atoms with Crippen molar-refractivity contribution in [1.82, 2.24) is 4.90 Å². The van der Waals surface area contributed by atoms with Crippen LogP contribution < -0.4 is 4.90 Å². The molecule has 1 unspecified atom stereocenters. The molecule has 5 heteroatoms. The average molecular weight is 320 g/mol. The molecule has 0 spiro atoms. The lowest BCUT2D eigenvalue weighted by Gasteiger charge is -2.22. The second kappa shape index (κ2) is 7.53. The summed E-state index contributed by atoms with van der Waals surface area (Å²) in [5.74, 6) is -1.15. The van der Waals surface area contributed by atoms with E-state index in [1.165, 1.54) is 0 Å². The molecule has 0 aliphatic heterocycles. The van der Waals surface area contributed by atoms with Crippen LogP contribution in [0, 0.1) is 11.6 Å². The van der Waals surface area contributed by atoms with Gasteiger partial charge in [-0.2, -0.15) is 0 Å². The van der Waals surface area contributed by atoms with Crippen molar-refractivity contribution in [3.63, 3.8) is 0 Å². The van der Waals surface area contributed by atoms with Crippen molar-refractivity contribution in [2.24, 2.45) is 0 Å². The minimum atomic E-state index is -1.08. The molecule has 0 saturated heterocycles. The van der Waals surface area contributed by atoms with Gasteiger partial charge in [0, 0.05) is 38.4 Å². The zero-order valence-electron chi connectivity index (χ0n) is 13.6. The summed E-state index contributed by atoms with van der Waals surface area (Å²) in [6.45, 7) is 0.822. The Labute approximate surface area is 135 Å². The van der Waals surface area contributed by atoms with E-state index in [0.29, 0.717) is 6.54 Å². The first-order valence-corrected chi connectivity index (χ1v) is 7.44. The van der Waals surface area contributed by atoms with Gasteiger partial charge < -0.3 is 10.0 Å². The summed E-state index contributed by atoms with van der Waals surface area (Å²) < 4.78 is 26.9. The Balaban J connectivity index is 2.03. The molecule has 124 valence electrons. The molecule has 0 saturated carbocycles. The number of anilines is 1. The maximum atomic E-state index is 13.7. The van der Waals surface area contributed by atoms with Crippen molar-refractivity contribution in [3.05, 3.63) is 65.2 Å². The SMILES string of the molecule is CN(Cc1cccc(N(C)C)c1)CC(O)c1cc(F)ccc1F. The van der Waals surface area contributed by atoms with Crippen LogP contribution in [0.1, 0.15) is 17.2 Å². The van der Waals surface area contributed by atoms with E-state index in [9.17, 15) is 13.9 Å². The summed E-state index contributed by atoms with van der Waals surface area (Å²) in [6.07, 6.45) is -1.08. The van der Waals surface area contributed by atoms with Gasteiger partial charge in [0.25, 0.3) is 0 Å². The minimum Gasteiger partial charge on any atom is -0.387 e. The topological polar surface area (TPSA) is 26.7 Å². The number of hydrogen-bond donors (Lipinski definition) is 1. The summed E-state index contributed by atoms with van der Waals surface area (Å²) in [7, 11) is 5.78. The van der Waals surface area contributed by atoms with Crippen LogP contribution in [0.2, 0.25) is 0 Å². The Kier molecular flexibility index (Phi) is 5.69. The van der Waals surface area contributed by atoms with E-state index in [0.717, 1.165) is 29.4 Å². The van der Waals surface area contributed by atoms with E-state index < -0.39 is 17.7 Å². The third-order valence-electron chi connectivity index (χ3n) is 3.68. The molecule has 0 heterocycles. The Morgan fingerprint density at radius 3 is 2.48 bits per heavy atom. The fraction of sp³-hybridized carbons (Fsp3) is 0.333. The molecule has 0 fully saturated rings. The van der Waals surface area contributed by atoms with E-state index in [1.54, 1.807) is 0 Å². The highest BCUT2D eigenvalue weighted by atomic mass is 19.1. The van der Waals surface area contributed by atoms with Gasteiger partial charge in [0.05, 0.1) is 6.10 Å². The molecule has 0 radical (unpaired) electrons. The van der Waals surface area contributed by atoms with Crippen LogP contribution in [-0.2, 0) is 6.54 Å². The van der Waals surface area contributed by atoms with Gasteiger partial charge >= 0.3 is 0 Å². The molecule has 2 aromatic carbocycles. The number of likely N-dealkylation sites (N-methyl/N-ethyl adjacent to an activating group) is 1. The van der Waals surface area contributed by atoms with Gasteiger partial charge in [-0.15, -0.1) is 0 Å². The summed E-state index contributed by atoms with van der Waals surface area (Å²) in [5.41, 5.74) is 2.16. The molecular weight excluding hydrogens is 298 g/mol. The third-order valence-corrected chi connectivity index (χ3v) is 3.68. The largest absolute Gasteiger partial charge is 0.387 e. The van der Waals surface area contributed by atoms with E-state index >= 15 is 0 Å². The van der Waals surface area contributed by atoms with Crippen LogP contribution in [0.15, 0.2) is 42.5 Å². The first-order chi connectivity index (χ1) is 10.9. The molecule has 23 heavy (non-hydrogen) atoms. The Bertz CT molecular complexity index is 661. The van der Waals surface area contributed by atoms with Gasteiger partial charge in [-0.25, -0.2) is 8.78 Å². The number of nitrogens with zero attached hydrogens (tertiary/aromatic N) is 2. The molecule has 0 bridgehead atoms. The van der Waals surface area contributed by atoms with Crippen molar-refractivity contribution in [2.75, 3.05) is 32.6 Å². The molecule has 0 aliphatic rings. The summed E-state index contributed by atoms with van der Waals surface area (Å²) in [6, 6.07) is 11.2.